The van der Waals surface area contributed by atoms with Crippen molar-refractivity contribution in [3.63, 3.8) is 0 Å². The van der Waals surface area contributed by atoms with Gasteiger partial charge in [-0.05, 0) is 48.2 Å². The number of nitrogens with zero attached hydrogens (tertiary/aromatic N) is 1. The Morgan fingerprint density at radius 1 is 1.10 bits per heavy atom. The molecule has 0 fully saturated rings. The van der Waals surface area contributed by atoms with Gasteiger partial charge in [-0.1, -0.05) is 55.2 Å². The van der Waals surface area contributed by atoms with Gasteiger partial charge in [-0.2, -0.15) is 0 Å². The minimum Gasteiger partial charge on any atom is -0.354 e. The van der Waals surface area contributed by atoms with E-state index >= 15 is 0 Å². The Hall–Kier alpha value is -2.11. The lowest BCUT2D eigenvalue weighted by atomic mass is 10.1. The predicted octanol–water partition coefficient (Wildman–Crippen LogP) is 5.01. The molecule has 0 heterocycles. The van der Waals surface area contributed by atoms with Crippen LogP contribution in [0.2, 0.25) is 10.0 Å². The summed E-state index contributed by atoms with van der Waals surface area (Å²) in [5, 5.41) is 3.79. The van der Waals surface area contributed by atoms with Crippen molar-refractivity contribution in [1.82, 2.24) is 10.2 Å². The van der Waals surface area contributed by atoms with E-state index in [0.29, 0.717) is 34.1 Å². The summed E-state index contributed by atoms with van der Waals surface area (Å²) in [4.78, 5) is 27.4. The van der Waals surface area contributed by atoms with Gasteiger partial charge in [0.2, 0.25) is 11.8 Å². The quantitative estimate of drug-likeness (QED) is 0.597. The molecule has 0 saturated heterocycles. The van der Waals surface area contributed by atoms with Crippen LogP contribution in [0.5, 0.6) is 0 Å². The summed E-state index contributed by atoms with van der Waals surface area (Å²) in [7, 11) is 0. The molecule has 4 nitrogen and oxygen atoms in total. The Balaban J connectivity index is 2.30. The van der Waals surface area contributed by atoms with E-state index in [1.807, 2.05) is 13.8 Å². The van der Waals surface area contributed by atoms with E-state index in [2.05, 4.69) is 5.32 Å². The molecule has 7 heteroatoms. The Morgan fingerprint density at radius 2 is 1.79 bits per heavy atom. The second-order valence-corrected chi connectivity index (χ2v) is 7.62. The second-order valence-electron chi connectivity index (χ2n) is 6.78. The van der Waals surface area contributed by atoms with Crippen molar-refractivity contribution < 1.29 is 14.0 Å². The normalized spacial score (nSPS) is 11.8. The van der Waals surface area contributed by atoms with Crippen molar-refractivity contribution >= 4 is 35.0 Å². The fourth-order valence-electron chi connectivity index (χ4n) is 3.00. The summed E-state index contributed by atoms with van der Waals surface area (Å²) >= 11 is 12.3. The molecule has 0 aliphatic carbocycles. The Kier molecular flexibility index (Phi) is 8.93. The first kappa shape index (κ1) is 23.2. The standard InChI is InChI=1S/C22H25Cl2FN2O2/c1-3-11-26-22(29)20(4-2)27(14-16-7-8-17(23)13-19(16)24)21(28)12-15-5-9-18(25)10-6-15/h5-10,13,20H,3-4,11-12,14H2,1-2H3,(H,26,29). The van der Waals surface area contributed by atoms with Crippen LogP contribution in [0.15, 0.2) is 42.5 Å². The first-order valence-corrected chi connectivity index (χ1v) is 10.4. The van der Waals surface area contributed by atoms with Crippen LogP contribution in [0.3, 0.4) is 0 Å². The van der Waals surface area contributed by atoms with E-state index in [9.17, 15) is 14.0 Å². The smallest absolute Gasteiger partial charge is 0.242 e. The summed E-state index contributed by atoms with van der Waals surface area (Å²) in [5.74, 6) is -0.801. The molecular formula is C22H25Cl2FN2O2. The van der Waals surface area contributed by atoms with Crippen LogP contribution in [0.4, 0.5) is 4.39 Å². The highest BCUT2D eigenvalue weighted by Gasteiger charge is 2.29. The summed E-state index contributed by atoms with van der Waals surface area (Å²) in [6.07, 6.45) is 1.31. The van der Waals surface area contributed by atoms with Crippen LogP contribution in [-0.4, -0.2) is 29.3 Å². The minimum atomic E-state index is -0.638. The van der Waals surface area contributed by atoms with Gasteiger partial charge in [0.15, 0.2) is 0 Å². The third-order valence-corrected chi connectivity index (χ3v) is 5.15. The number of halogens is 3. The molecule has 0 aromatic heterocycles. The van der Waals surface area contributed by atoms with Crippen molar-refractivity contribution in [3.8, 4) is 0 Å². The van der Waals surface area contributed by atoms with Crippen molar-refractivity contribution in [2.75, 3.05) is 6.54 Å². The van der Waals surface area contributed by atoms with Crippen molar-refractivity contribution in [1.29, 1.82) is 0 Å². The van der Waals surface area contributed by atoms with Gasteiger partial charge in [-0.3, -0.25) is 9.59 Å². The van der Waals surface area contributed by atoms with Gasteiger partial charge in [-0.25, -0.2) is 4.39 Å². The third kappa shape index (κ3) is 6.72. The number of nitrogens with one attached hydrogen (secondary N) is 1. The van der Waals surface area contributed by atoms with Gasteiger partial charge in [-0.15, -0.1) is 0 Å². The maximum atomic E-state index is 13.2. The number of amides is 2. The molecule has 1 unspecified atom stereocenters. The van der Waals surface area contributed by atoms with Gasteiger partial charge in [0.25, 0.3) is 0 Å². The highest BCUT2D eigenvalue weighted by molar-refractivity contribution is 6.35. The monoisotopic (exact) mass is 438 g/mol. The maximum Gasteiger partial charge on any atom is 0.242 e. The zero-order valence-corrected chi connectivity index (χ0v) is 18.1. The molecule has 0 spiro atoms. The largest absolute Gasteiger partial charge is 0.354 e. The second kappa shape index (κ2) is 11.2. The minimum absolute atomic E-state index is 0.0586. The lowest BCUT2D eigenvalue weighted by Crippen LogP contribution is -2.49. The van der Waals surface area contributed by atoms with Crippen molar-refractivity contribution in [3.05, 3.63) is 69.5 Å². The number of carbonyl (C=O) groups is 2. The molecule has 2 aromatic carbocycles. The topological polar surface area (TPSA) is 49.4 Å². The average molecular weight is 439 g/mol. The van der Waals surface area contributed by atoms with Gasteiger partial charge >= 0.3 is 0 Å². The molecular weight excluding hydrogens is 414 g/mol. The van der Waals surface area contributed by atoms with Crippen LogP contribution >= 0.6 is 23.2 Å². The summed E-state index contributed by atoms with van der Waals surface area (Å²) in [6.45, 7) is 4.54. The molecule has 29 heavy (non-hydrogen) atoms. The fraction of sp³-hybridized carbons (Fsp3) is 0.364. The lowest BCUT2D eigenvalue weighted by molar-refractivity contribution is -0.140. The van der Waals surface area contributed by atoms with Crippen LogP contribution < -0.4 is 5.32 Å². The summed E-state index contributed by atoms with van der Waals surface area (Å²) in [6, 6.07) is 10.2. The number of hydrogen-bond acceptors (Lipinski definition) is 2. The number of hydrogen-bond donors (Lipinski definition) is 1. The zero-order valence-electron chi connectivity index (χ0n) is 16.6. The summed E-state index contributed by atoms with van der Waals surface area (Å²) in [5.41, 5.74) is 1.37. The predicted molar refractivity (Wildman–Crippen MR) is 114 cm³/mol. The lowest BCUT2D eigenvalue weighted by Gasteiger charge is -2.31. The molecule has 1 atom stereocenters. The number of rotatable bonds is 9. The van der Waals surface area contributed by atoms with Gasteiger partial charge < -0.3 is 10.2 Å². The number of carbonyl (C=O) groups excluding carboxylic acids is 2. The molecule has 2 rings (SSSR count). The molecule has 0 radical (unpaired) electrons. The summed E-state index contributed by atoms with van der Waals surface area (Å²) < 4.78 is 13.2. The van der Waals surface area contributed by atoms with Crippen molar-refractivity contribution in [2.24, 2.45) is 0 Å². The Bertz CT molecular complexity index is 843. The van der Waals surface area contributed by atoms with Crippen LogP contribution in [0, 0.1) is 5.82 Å². The first-order valence-electron chi connectivity index (χ1n) is 9.61. The van der Waals surface area contributed by atoms with Gasteiger partial charge in [0.1, 0.15) is 11.9 Å². The molecule has 2 amide bonds. The molecule has 0 aliphatic rings. The van der Waals surface area contributed by atoms with E-state index < -0.39 is 6.04 Å². The molecule has 0 bridgehead atoms. The Labute approximate surface area is 181 Å². The van der Waals surface area contributed by atoms with E-state index in [0.717, 1.165) is 6.42 Å². The van der Waals surface area contributed by atoms with Crippen LogP contribution in [0.1, 0.15) is 37.8 Å². The van der Waals surface area contributed by atoms with Crippen molar-refractivity contribution in [2.45, 2.75) is 45.7 Å². The molecule has 2 aromatic rings. The molecule has 1 N–H and O–H groups in total. The number of benzene rings is 2. The fourth-order valence-corrected chi connectivity index (χ4v) is 3.47. The molecule has 156 valence electrons. The van der Waals surface area contributed by atoms with Gasteiger partial charge in [0.05, 0.1) is 6.42 Å². The molecule has 0 saturated carbocycles. The first-order chi connectivity index (χ1) is 13.8. The zero-order chi connectivity index (χ0) is 21.4. The molecule has 0 aliphatic heterocycles. The van der Waals surface area contributed by atoms with Gasteiger partial charge in [0, 0.05) is 23.1 Å². The van der Waals surface area contributed by atoms with E-state index in [1.54, 1.807) is 30.3 Å². The van der Waals surface area contributed by atoms with E-state index in [1.165, 1.54) is 17.0 Å². The van der Waals surface area contributed by atoms with Crippen LogP contribution in [-0.2, 0) is 22.6 Å². The SMILES string of the molecule is CCCNC(=O)C(CC)N(Cc1ccc(Cl)cc1Cl)C(=O)Cc1ccc(F)cc1. The maximum absolute atomic E-state index is 13.2. The third-order valence-electron chi connectivity index (χ3n) is 4.56. The highest BCUT2D eigenvalue weighted by atomic mass is 35.5. The van der Waals surface area contributed by atoms with E-state index in [4.69, 9.17) is 23.2 Å². The Morgan fingerprint density at radius 3 is 2.38 bits per heavy atom. The average Bonchev–Trinajstić information content (AvgIpc) is 2.69. The van der Waals surface area contributed by atoms with Crippen LogP contribution in [0.25, 0.3) is 0 Å². The van der Waals surface area contributed by atoms with E-state index in [-0.39, 0.29) is 30.6 Å². The highest BCUT2D eigenvalue weighted by Crippen LogP contribution is 2.24.